The first-order chi connectivity index (χ1) is 17.5. The lowest BCUT2D eigenvalue weighted by Crippen LogP contribution is -2.44. The number of hydrogen-bond acceptors (Lipinski definition) is 8. The first-order valence-corrected chi connectivity index (χ1v) is 13.3. The number of aromatic nitrogens is 3. The largest absolute Gasteiger partial charge is 0.384 e. The van der Waals surface area contributed by atoms with E-state index in [1.165, 1.54) is 67.2 Å². The van der Waals surface area contributed by atoms with Crippen LogP contribution in [0.1, 0.15) is 17.5 Å². The van der Waals surface area contributed by atoms with Crippen molar-refractivity contribution >= 4 is 28.0 Å². The Labute approximate surface area is 217 Å². The van der Waals surface area contributed by atoms with Crippen molar-refractivity contribution in [3.05, 3.63) is 71.2 Å². The summed E-state index contributed by atoms with van der Waals surface area (Å²) in [5.74, 6) is 0.973. The SMILES string of the molecule is Cc1ccc(-c2ccc(CCCN3CCN(C)CC3)cc2)cc1Nc1nc(-c2nccc(N)n2)cs1. The average molecular weight is 500 g/mol. The molecule has 2 aromatic carbocycles. The second kappa shape index (κ2) is 11.2. The third-order valence-electron chi connectivity index (χ3n) is 6.71. The quantitative estimate of drug-likeness (QED) is 0.350. The van der Waals surface area contributed by atoms with E-state index in [9.17, 15) is 0 Å². The molecule has 0 spiro atoms. The predicted octanol–water partition coefficient (Wildman–Crippen LogP) is 5.08. The molecule has 1 aliphatic heterocycles. The van der Waals surface area contributed by atoms with E-state index in [0.717, 1.165) is 22.8 Å². The van der Waals surface area contributed by atoms with Gasteiger partial charge < -0.3 is 20.9 Å². The highest BCUT2D eigenvalue weighted by Crippen LogP contribution is 2.30. The summed E-state index contributed by atoms with van der Waals surface area (Å²) in [6.45, 7) is 8.03. The summed E-state index contributed by atoms with van der Waals surface area (Å²) in [5, 5.41) is 6.21. The highest BCUT2D eigenvalue weighted by atomic mass is 32.1. The topological polar surface area (TPSA) is 83.2 Å². The number of nitrogens with one attached hydrogen (secondary N) is 1. The van der Waals surface area contributed by atoms with Gasteiger partial charge in [0.05, 0.1) is 0 Å². The van der Waals surface area contributed by atoms with Crippen LogP contribution in [0.4, 0.5) is 16.6 Å². The molecule has 0 atom stereocenters. The molecule has 8 heteroatoms. The molecule has 36 heavy (non-hydrogen) atoms. The number of aryl methyl sites for hydroxylation is 2. The van der Waals surface area contributed by atoms with Gasteiger partial charge >= 0.3 is 0 Å². The lowest BCUT2D eigenvalue weighted by molar-refractivity contribution is 0.153. The maximum Gasteiger partial charge on any atom is 0.187 e. The van der Waals surface area contributed by atoms with Gasteiger partial charge in [-0.15, -0.1) is 11.3 Å². The van der Waals surface area contributed by atoms with E-state index >= 15 is 0 Å². The molecule has 3 N–H and O–H groups in total. The van der Waals surface area contributed by atoms with Crippen LogP contribution in [0, 0.1) is 6.92 Å². The Balaban J connectivity index is 1.21. The molecule has 1 fully saturated rings. The van der Waals surface area contributed by atoms with Crippen molar-refractivity contribution < 1.29 is 0 Å². The standard InChI is InChI=1S/C28H33N7S/c1-20-5-8-23(18-24(20)31-28-32-25(19-36-28)27-30-12-11-26(29)33-27)22-9-6-21(7-10-22)4-3-13-35-16-14-34(2)15-17-35/h5-12,18-19H,3-4,13-17H2,1-2H3,(H,31,32)(H2,29,30,33). The number of nitrogens with two attached hydrogens (primary N) is 1. The molecule has 1 saturated heterocycles. The van der Waals surface area contributed by atoms with Crippen LogP contribution in [0.2, 0.25) is 0 Å². The number of thiazole rings is 1. The minimum atomic E-state index is 0.437. The molecule has 4 aromatic rings. The highest BCUT2D eigenvalue weighted by Gasteiger charge is 2.13. The summed E-state index contributed by atoms with van der Waals surface area (Å²) >= 11 is 1.53. The number of rotatable bonds is 8. The van der Waals surface area contributed by atoms with Crippen LogP contribution in [-0.2, 0) is 6.42 Å². The predicted molar refractivity (Wildman–Crippen MR) is 150 cm³/mol. The number of piperazine rings is 1. The number of benzene rings is 2. The van der Waals surface area contributed by atoms with Gasteiger partial charge in [0, 0.05) is 43.4 Å². The van der Waals surface area contributed by atoms with E-state index in [2.05, 4.69) is 86.5 Å². The van der Waals surface area contributed by atoms with Gasteiger partial charge in [0.2, 0.25) is 0 Å². The summed E-state index contributed by atoms with van der Waals surface area (Å²) in [4.78, 5) is 18.2. The Kier molecular flexibility index (Phi) is 7.55. The minimum absolute atomic E-state index is 0.437. The van der Waals surface area contributed by atoms with Gasteiger partial charge in [-0.3, -0.25) is 0 Å². The van der Waals surface area contributed by atoms with Gasteiger partial charge in [0.25, 0.3) is 0 Å². The normalized spacial score (nSPS) is 14.7. The van der Waals surface area contributed by atoms with Gasteiger partial charge in [-0.25, -0.2) is 15.0 Å². The first-order valence-electron chi connectivity index (χ1n) is 12.5. The summed E-state index contributed by atoms with van der Waals surface area (Å²) in [7, 11) is 2.21. The molecule has 0 radical (unpaired) electrons. The first kappa shape index (κ1) is 24.4. The zero-order valence-electron chi connectivity index (χ0n) is 20.9. The molecule has 186 valence electrons. The Morgan fingerprint density at radius 2 is 1.75 bits per heavy atom. The van der Waals surface area contributed by atoms with Gasteiger partial charge in [-0.1, -0.05) is 36.4 Å². The van der Waals surface area contributed by atoms with E-state index in [1.807, 2.05) is 5.38 Å². The third kappa shape index (κ3) is 6.07. The van der Waals surface area contributed by atoms with E-state index in [0.29, 0.717) is 17.3 Å². The van der Waals surface area contributed by atoms with Crippen LogP contribution in [-0.4, -0.2) is 64.5 Å². The maximum absolute atomic E-state index is 5.79. The summed E-state index contributed by atoms with van der Waals surface area (Å²) in [6, 6.07) is 17.2. The van der Waals surface area contributed by atoms with Crippen molar-refractivity contribution in [2.24, 2.45) is 0 Å². The number of nitrogen functional groups attached to an aromatic ring is 1. The zero-order chi connectivity index (χ0) is 24.9. The molecular weight excluding hydrogens is 466 g/mol. The number of anilines is 3. The molecule has 7 nitrogen and oxygen atoms in total. The summed E-state index contributed by atoms with van der Waals surface area (Å²) in [6.07, 6.45) is 3.98. The summed E-state index contributed by atoms with van der Waals surface area (Å²) in [5.41, 5.74) is 12.5. The molecular formula is C28H33N7S. The van der Waals surface area contributed by atoms with E-state index in [1.54, 1.807) is 12.3 Å². The van der Waals surface area contributed by atoms with Gasteiger partial charge in [0.15, 0.2) is 11.0 Å². The molecule has 0 unspecified atom stereocenters. The van der Waals surface area contributed by atoms with Crippen LogP contribution in [0.3, 0.4) is 0 Å². The molecule has 0 bridgehead atoms. The lowest BCUT2D eigenvalue weighted by Gasteiger charge is -2.32. The van der Waals surface area contributed by atoms with E-state index in [4.69, 9.17) is 5.73 Å². The molecule has 5 rings (SSSR count). The smallest absolute Gasteiger partial charge is 0.187 e. The van der Waals surface area contributed by atoms with Crippen molar-refractivity contribution in [1.82, 2.24) is 24.8 Å². The van der Waals surface area contributed by atoms with Crippen molar-refractivity contribution in [2.75, 3.05) is 50.8 Å². The van der Waals surface area contributed by atoms with Crippen LogP contribution in [0.5, 0.6) is 0 Å². The van der Waals surface area contributed by atoms with Crippen molar-refractivity contribution in [2.45, 2.75) is 19.8 Å². The second-order valence-electron chi connectivity index (χ2n) is 9.44. The molecule has 0 aliphatic carbocycles. The van der Waals surface area contributed by atoms with Gasteiger partial charge in [-0.2, -0.15) is 0 Å². The number of hydrogen-bond donors (Lipinski definition) is 2. The monoisotopic (exact) mass is 499 g/mol. The number of likely N-dealkylation sites (N-methyl/N-ethyl adjacent to an activating group) is 1. The van der Waals surface area contributed by atoms with Crippen LogP contribution >= 0.6 is 11.3 Å². The Morgan fingerprint density at radius 3 is 2.53 bits per heavy atom. The molecule has 1 aliphatic rings. The van der Waals surface area contributed by atoms with Crippen LogP contribution in [0.15, 0.2) is 60.1 Å². The second-order valence-corrected chi connectivity index (χ2v) is 10.3. The zero-order valence-corrected chi connectivity index (χ0v) is 21.8. The molecule has 3 heterocycles. The maximum atomic E-state index is 5.79. The molecule has 0 amide bonds. The van der Waals surface area contributed by atoms with Crippen LogP contribution in [0.25, 0.3) is 22.6 Å². The average Bonchev–Trinajstić information content (AvgIpc) is 3.36. The molecule has 0 saturated carbocycles. The van der Waals surface area contributed by atoms with Gasteiger partial charge in [0.1, 0.15) is 11.5 Å². The highest BCUT2D eigenvalue weighted by molar-refractivity contribution is 7.14. The third-order valence-corrected chi connectivity index (χ3v) is 7.47. The Hall–Kier alpha value is -3.33. The van der Waals surface area contributed by atoms with Crippen molar-refractivity contribution in [1.29, 1.82) is 0 Å². The fourth-order valence-electron chi connectivity index (χ4n) is 4.42. The Morgan fingerprint density at radius 1 is 0.972 bits per heavy atom. The van der Waals surface area contributed by atoms with E-state index in [-0.39, 0.29) is 0 Å². The van der Waals surface area contributed by atoms with E-state index < -0.39 is 0 Å². The fourth-order valence-corrected chi connectivity index (χ4v) is 5.12. The summed E-state index contributed by atoms with van der Waals surface area (Å²) < 4.78 is 0. The fraction of sp³-hybridized carbons (Fsp3) is 0.321. The Bertz CT molecular complexity index is 1290. The minimum Gasteiger partial charge on any atom is -0.384 e. The van der Waals surface area contributed by atoms with Crippen molar-refractivity contribution in [3.63, 3.8) is 0 Å². The molecule has 2 aromatic heterocycles. The van der Waals surface area contributed by atoms with Crippen molar-refractivity contribution in [3.8, 4) is 22.6 Å². The lowest BCUT2D eigenvalue weighted by atomic mass is 10.00. The van der Waals surface area contributed by atoms with Gasteiger partial charge in [-0.05, 0) is 67.7 Å². The number of nitrogens with zero attached hydrogens (tertiary/aromatic N) is 5. The van der Waals surface area contributed by atoms with Crippen LogP contribution < -0.4 is 11.1 Å².